The number of hydrogen-bond acceptors (Lipinski definition) is 3. The van der Waals surface area contributed by atoms with Gasteiger partial charge in [0, 0.05) is 13.1 Å². The molecule has 6 heteroatoms. The van der Waals surface area contributed by atoms with Gasteiger partial charge >= 0.3 is 5.97 Å². The summed E-state index contributed by atoms with van der Waals surface area (Å²) in [5.41, 5.74) is 2.65. The standard InChI is InChI=1S/C22H29N3O3/c1-5-16-6-8-17(9-7-16)22(3,4)21(28)24-12-10-18(11-13-24)25-15(2)19(14-23-25)20(26)27/h6-9,14,18H,5,10-13H2,1-4H3,(H,26,27). The second-order valence-corrected chi connectivity index (χ2v) is 8.09. The highest BCUT2D eigenvalue weighted by atomic mass is 16.4. The van der Waals surface area contributed by atoms with Crippen molar-refractivity contribution in [3.63, 3.8) is 0 Å². The highest BCUT2D eigenvalue weighted by Gasteiger charge is 2.36. The summed E-state index contributed by atoms with van der Waals surface area (Å²) in [5.74, 6) is -0.814. The first-order valence-electron chi connectivity index (χ1n) is 9.92. The lowest BCUT2D eigenvalue weighted by atomic mass is 9.82. The van der Waals surface area contributed by atoms with Crippen molar-refractivity contribution in [3.8, 4) is 0 Å². The summed E-state index contributed by atoms with van der Waals surface area (Å²) in [5, 5.41) is 13.5. The molecule has 150 valence electrons. The summed E-state index contributed by atoms with van der Waals surface area (Å²) in [6, 6.07) is 8.44. The predicted molar refractivity (Wildman–Crippen MR) is 108 cm³/mol. The van der Waals surface area contributed by atoms with Gasteiger partial charge in [-0.1, -0.05) is 31.2 Å². The van der Waals surface area contributed by atoms with Gasteiger partial charge in [-0.25, -0.2) is 4.79 Å². The summed E-state index contributed by atoms with van der Waals surface area (Å²) in [6.07, 6.45) is 3.95. The number of likely N-dealkylation sites (tertiary alicyclic amines) is 1. The number of hydrogen-bond donors (Lipinski definition) is 1. The van der Waals surface area contributed by atoms with E-state index in [1.807, 2.05) is 18.7 Å². The van der Waals surface area contributed by atoms with Crippen LogP contribution in [0.3, 0.4) is 0 Å². The molecule has 1 aliphatic heterocycles. The van der Waals surface area contributed by atoms with E-state index in [-0.39, 0.29) is 17.5 Å². The zero-order valence-electron chi connectivity index (χ0n) is 17.1. The fourth-order valence-electron chi connectivity index (χ4n) is 3.99. The van der Waals surface area contributed by atoms with Gasteiger partial charge < -0.3 is 10.0 Å². The molecule has 28 heavy (non-hydrogen) atoms. The molecule has 0 unspecified atom stereocenters. The van der Waals surface area contributed by atoms with Gasteiger partial charge in [-0.05, 0) is 51.2 Å². The number of rotatable bonds is 5. The lowest BCUT2D eigenvalue weighted by Gasteiger charge is -2.37. The van der Waals surface area contributed by atoms with Crippen LogP contribution in [0.2, 0.25) is 0 Å². The fourth-order valence-corrected chi connectivity index (χ4v) is 3.99. The number of benzene rings is 1. The van der Waals surface area contributed by atoms with E-state index in [2.05, 4.69) is 36.3 Å². The van der Waals surface area contributed by atoms with Crippen LogP contribution in [-0.4, -0.2) is 44.8 Å². The number of carboxylic acid groups (broad SMARTS) is 1. The van der Waals surface area contributed by atoms with E-state index in [1.165, 1.54) is 11.8 Å². The molecular weight excluding hydrogens is 354 g/mol. The van der Waals surface area contributed by atoms with Gasteiger partial charge in [0.05, 0.1) is 23.3 Å². The van der Waals surface area contributed by atoms with Gasteiger partial charge in [-0.2, -0.15) is 5.10 Å². The fraction of sp³-hybridized carbons (Fsp3) is 0.500. The minimum absolute atomic E-state index is 0.129. The molecule has 1 aromatic carbocycles. The van der Waals surface area contributed by atoms with E-state index in [0.29, 0.717) is 18.8 Å². The molecule has 1 amide bonds. The van der Waals surface area contributed by atoms with Crippen molar-refractivity contribution in [1.29, 1.82) is 0 Å². The SMILES string of the molecule is CCc1ccc(C(C)(C)C(=O)N2CCC(n3ncc(C(=O)O)c3C)CC2)cc1. The Morgan fingerprint density at radius 2 is 1.79 bits per heavy atom. The minimum atomic E-state index is -0.952. The summed E-state index contributed by atoms with van der Waals surface area (Å²) in [7, 11) is 0. The van der Waals surface area contributed by atoms with E-state index < -0.39 is 11.4 Å². The van der Waals surface area contributed by atoms with Crippen LogP contribution >= 0.6 is 0 Å². The number of piperidine rings is 1. The van der Waals surface area contributed by atoms with Crippen LogP contribution in [0.25, 0.3) is 0 Å². The maximum absolute atomic E-state index is 13.2. The van der Waals surface area contributed by atoms with Gasteiger partial charge in [-0.3, -0.25) is 9.48 Å². The predicted octanol–water partition coefficient (Wildman–Crippen LogP) is 3.59. The first-order valence-corrected chi connectivity index (χ1v) is 9.92. The van der Waals surface area contributed by atoms with Crippen LogP contribution in [0.1, 0.15) is 66.8 Å². The summed E-state index contributed by atoms with van der Waals surface area (Å²) in [6.45, 7) is 9.19. The van der Waals surface area contributed by atoms with E-state index in [9.17, 15) is 14.7 Å². The molecule has 0 saturated carbocycles. The molecule has 0 spiro atoms. The Hall–Kier alpha value is -2.63. The average molecular weight is 383 g/mol. The van der Waals surface area contributed by atoms with Crippen LogP contribution in [-0.2, 0) is 16.6 Å². The molecule has 1 aliphatic rings. The van der Waals surface area contributed by atoms with Crippen molar-refractivity contribution in [1.82, 2.24) is 14.7 Å². The van der Waals surface area contributed by atoms with Crippen LogP contribution in [0, 0.1) is 6.92 Å². The highest BCUT2D eigenvalue weighted by Crippen LogP contribution is 2.30. The number of aryl methyl sites for hydroxylation is 1. The van der Waals surface area contributed by atoms with E-state index in [1.54, 1.807) is 11.6 Å². The monoisotopic (exact) mass is 383 g/mol. The molecule has 1 N–H and O–H groups in total. The van der Waals surface area contributed by atoms with Crippen LogP contribution in [0.4, 0.5) is 0 Å². The zero-order valence-corrected chi connectivity index (χ0v) is 17.1. The molecular formula is C22H29N3O3. The Kier molecular flexibility index (Phi) is 5.59. The van der Waals surface area contributed by atoms with E-state index >= 15 is 0 Å². The molecule has 0 aliphatic carbocycles. The maximum atomic E-state index is 13.2. The van der Waals surface area contributed by atoms with Gasteiger partial charge in [0.1, 0.15) is 5.56 Å². The van der Waals surface area contributed by atoms with Crippen LogP contribution in [0.15, 0.2) is 30.5 Å². The second-order valence-electron chi connectivity index (χ2n) is 8.09. The Morgan fingerprint density at radius 3 is 2.29 bits per heavy atom. The number of nitrogens with zero attached hydrogens (tertiary/aromatic N) is 3. The van der Waals surface area contributed by atoms with Crippen molar-refractivity contribution in [2.75, 3.05) is 13.1 Å². The summed E-state index contributed by atoms with van der Waals surface area (Å²) in [4.78, 5) is 26.4. The Balaban J connectivity index is 1.68. The third-order valence-electron chi connectivity index (χ3n) is 5.99. The quantitative estimate of drug-likeness (QED) is 0.856. The first kappa shape index (κ1) is 20.1. The van der Waals surface area contributed by atoms with Crippen molar-refractivity contribution in [3.05, 3.63) is 52.8 Å². The van der Waals surface area contributed by atoms with E-state index in [0.717, 1.165) is 24.8 Å². The summed E-state index contributed by atoms with van der Waals surface area (Å²) < 4.78 is 1.81. The molecule has 0 radical (unpaired) electrons. The van der Waals surface area contributed by atoms with Crippen LogP contribution < -0.4 is 0 Å². The maximum Gasteiger partial charge on any atom is 0.339 e. The first-order chi connectivity index (χ1) is 13.3. The normalized spacial score (nSPS) is 15.6. The van der Waals surface area contributed by atoms with Crippen molar-refractivity contribution >= 4 is 11.9 Å². The van der Waals surface area contributed by atoms with Crippen molar-refractivity contribution in [2.45, 2.75) is 58.4 Å². The zero-order chi connectivity index (χ0) is 20.5. The number of aromatic carboxylic acids is 1. The number of carbonyl (C=O) groups is 2. The molecule has 2 aromatic rings. The molecule has 6 nitrogen and oxygen atoms in total. The number of carboxylic acids is 1. The topological polar surface area (TPSA) is 75.4 Å². The number of amides is 1. The van der Waals surface area contributed by atoms with Gasteiger partial charge in [0.15, 0.2) is 0 Å². The lowest BCUT2D eigenvalue weighted by molar-refractivity contribution is -0.137. The van der Waals surface area contributed by atoms with Crippen LogP contribution in [0.5, 0.6) is 0 Å². The molecule has 0 bridgehead atoms. The molecule has 3 rings (SSSR count). The highest BCUT2D eigenvalue weighted by molar-refractivity contribution is 5.88. The van der Waals surface area contributed by atoms with Crippen molar-refractivity contribution < 1.29 is 14.7 Å². The van der Waals surface area contributed by atoms with Gasteiger partial charge in [0.25, 0.3) is 0 Å². The molecule has 1 aromatic heterocycles. The minimum Gasteiger partial charge on any atom is -0.478 e. The molecule has 1 fully saturated rings. The van der Waals surface area contributed by atoms with E-state index in [4.69, 9.17) is 0 Å². The smallest absolute Gasteiger partial charge is 0.339 e. The molecule has 2 heterocycles. The Labute approximate surface area is 166 Å². The third-order valence-corrected chi connectivity index (χ3v) is 5.99. The number of carbonyl (C=O) groups excluding carboxylic acids is 1. The number of aromatic nitrogens is 2. The lowest BCUT2D eigenvalue weighted by Crippen LogP contribution is -2.47. The second kappa shape index (κ2) is 7.78. The Bertz CT molecular complexity index is 860. The van der Waals surface area contributed by atoms with Gasteiger partial charge in [-0.15, -0.1) is 0 Å². The van der Waals surface area contributed by atoms with Gasteiger partial charge in [0.2, 0.25) is 5.91 Å². The molecule has 1 saturated heterocycles. The van der Waals surface area contributed by atoms with Crippen molar-refractivity contribution in [2.24, 2.45) is 0 Å². The Morgan fingerprint density at radius 1 is 1.18 bits per heavy atom. The largest absolute Gasteiger partial charge is 0.478 e. The molecule has 0 atom stereocenters. The average Bonchev–Trinajstić information content (AvgIpc) is 3.09. The third kappa shape index (κ3) is 3.68. The summed E-state index contributed by atoms with van der Waals surface area (Å²) >= 11 is 0.